The highest BCUT2D eigenvalue weighted by Crippen LogP contribution is 2.44. The standard InChI is InChI=1S/C24H27N3O3/c1-2-29-23-22(19-8-4-3-7-16(19)14-26-23)24(28)27-18-10-11-20(27)17(13-18)15-30-21-9-5-6-12-25-21/h3-5,7-9,14,17-18,20H,2,6,10-13,15H2,1H3. The van der Waals surface area contributed by atoms with Gasteiger partial charge in [0.25, 0.3) is 5.91 Å². The van der Waals surface area contributed by atoms with Crippen molar-refractivity contribution in [1.29, 1.82) is 0 Å². The van der Waals surface area contributed by atoms with E-state index in [0.717, 1.165) is 48.9 Å². The molecule has 1 amide bonds. The molecular weight excluding hydrogens is 378 g/mol. The summed E-state index contributed by atoms with van der Waals surface area (Å²) in [6.07, 6.45) is 9.87. The van der Waals surface area contributed by atoms with Gasteiger partial charge in [-0.2, -0.15) is 0 Å². The van der Waals surface area contributed by atoms with Crippen molar-refractivity contribution in [3.05, 3.63) is 48.2 Å². The van der Waals surface area contributed by atoms with Crippen LogP contribution in [0.1, 0.15) is 43.0 Å². The highest BCUT2D eigenvalue weighted by atomic mass is 16.5. The summed E-state index contributed by atoms with van der Waals surface area (Å²) in [5.74, 6) is 1.53. The van der Waals surface area contributed by atoms with Crippen molar-refractivity contribution >= 4 is 22.6 Å². The normalized spacial score (nSPS) is 24.9. The number of benzene rings is 1. The lowest BCUT2D eigenvalue weighted by Gasteiger charge is -2.26. The number of pyridine rings is 1. The number of ether oxygens (including phenoxy) is 2. The number of amides is 1. The van der Waals surface area contributed by atoms with Crippen molar-refractivity contribution in [1.82, 2.24) is 9.88 Å². The van der Waals surface area contributed by atoms with Crippen molar-refractivity contribution in [2.24, 2.45) is 10.9 Å². The molecular formula is C24H27N3O3. The number of rotatable bonds is 5. The molecule has 0 saturated carbocycles. The molecule has 1 aromatic heterocycles. The predicted octanol–water partition coefficient (Wildman–Crippen LogP) is 4.00. The first-order chi connectivity index (χ1) is 14.8. The van der Waals surface area contributed by atoms with Gasteiger partial charge in [0.2, 0.25) is 11.8 Å². The summed E-state index contributed by atoms with van der Waals surface area (Å²) in [6.45, 7) is 3.80. The monoisotopic (exact) mass is 405 g/mol. The van der Waals surface area contributed by atoms with E-state index in [4.69, 9.17) is 9.47 Å². The number of carbonyl (C=O) groups is 1. The lowest BCUT2D eigenvalue weighted by Crippen LogP contribution is -2.37. The van der Waals surface area contributed by atoms with E-state index in [9.17, 15) is 4.79 Å². The Hall–Kier alpha value is -2.89. The average Bonchev–Trinajstić information content (AvgIpc) is 3.36. The Balaban J connectivity index is 1.41. The third-order valence-corrected chi connectivity index (χ3v) is 6.43. The summed E-state index contributed by atoms with van der Waals surface area (Å²) in [5, 5.41) is 1.86. The molecule has 3 aliphatic heterocycles. The van der Waals surface area contributed by atoms with Crippen LogP contribution in [-0.4, -0.2) is 53.5 Å². The van der Waals surface area contributed by atoms with Crippen LogP contribution in [0.3, 0.4) is 0 Å². The highest BCUT2D eigenvalue weighted by molar-refractivity contribution is 6.09. The Morgan fingerprint density at radius 1 is 1.23 bits per heavy atom. The van der Waals surface area contributed by atoms with Crippen LogP contribution >= 0.6 is 0 Å². The van der Waals surface area contributed by atoms with Crippen LogP contribution in [0.15, 0.2) is 47.6 Å². The fraction of sp³-hybridized carbons (Fsp3) is 0.458. The van der Waals surface area contributed by atoms with Crippen LogP contribution in [0.5, 0.6) is 5.88 Å². The van der Waals surface area contributed by atoms with Crippen LogP contribution in [0, 0.1) is 5.92 Å². The molecule has 6 nitrogen and oxygen atoms in total. The lowest BCUT2D eigenvalue weighted by molar-refractivity contribution is 0.0706. The fourth-order valence-electron chi connectivity index (χ4n) is 5.11. The smallest absolute Gasteiger partial charge is 0.260 e. The van der Waals surface area contributed by atoms with Gasteiger partial charge in [-0.05, 0) is 38.7 Å². The number of hydrogen-bond donors (Lipinski definition) is 0. The van der Waals surface area contributed by atoms with Gasteiger partial charge >= 0.3 is 0 Å². The zero-order chi connectivity index (χ0) is 20.5. The Morgan fingerprint density at radius 2 is 2.13 bits per heavy atom. The third-order valence-electron chi connectivity index (χ3n) is 6.43. The summed E-state index contributed by atoms with van der Waals surface area (Å²) < 4.78 is 11.7. The molecule has 1 aromatic carbocycles. The molecule has 6 heteroatoms. The molecule has 2 aromatic rings. The van der Waals surface area contributed by atoms with Gasteiger partial charge in [0.15, 0.2) is 0 Å². The Morgan fingerprint density at radius 3 is 2.97 bits per heavy atom. The first-order valence-electron chi connectivity index (χ1n) is 10.9. The zero-order valence-corrected chi connectivity index (χ0v) is 17.3. The van der Waals surface area contributed by atoms with E-state index in [-0.39, 0.29) is 18.0 Å². The second-order valence-corrected chi connectivity index (χ2v) is 8.19. The summed E-state index contributed by atoms with van der Waals surface area (Å²) in [7, 11) is 0. The van der Waals surface area contributed by atoms with Crippen LogP contribution in [-0.2, 0) is 4.74 Å². The van der Waals surface area contributed by atoms with Crippen LogP contribution in [0.2, 0.25) is 0 Å². The van der Waals surface area contributed by atoms with E-state index >= 15 is 0 Å². The molecule has 0 N–H and O–H groups in total. The molecule has 3 unspecified atom stereocenters. The first kappa shape index (κ1) is 19.1. The van der Waals surface area contributed by atoms with Gasteiger partial charge in [-0.3, -0.25) is 9.79 Å². The van der Waals surface area contributed by atoms with Gasteiger partial charge in [-0.15, -0.1) is 0 Å². The summed E-state index contributed by atoms with van der Waals surface area (Å²) in [5.41, 5.74) is 0.591. The zero-order valence-electron chi connectivity index (χ0n) is 17.3. The first-order valence-corrected chi connectivity index (χ1v) is 10.9. The van der Waals surface area contributed by atoms with E-state index < -0.39 is 0 Å². The molecule has 156 valence electrons. The molecule has 2 bridgehead atoms. The molecule has 4 heterocycles. The highest BCUT2D eigenvalue weighted by Gasteiger charge is 2.49. The van der Waals surface area contributed by atoms with Gasteiger partial charge in [-0.25, -0.2) is 4.98 Å². The molecule has 3 aliphatic rings. The maximum absolute atomic E-state index is 13.8. The number of aliphatic imine (C=N–C) groups is 1. The second-order valence-electron chi connectivity index (χ2n) is 8.19. The molecule has 30 heavy (non-hydrogen) atoms. The van der Waals surface area contributed by atoms with E-state index in [0.29, 0.717) is 30.6 Å². The van der Waals surface area contributed by atoms with Crippen LogP contribution in [0.25, 0.3) is 10.8 Å². The van der Waals surface area contributed by atoms with Gasteiger partial charge in [0, 0.05) is 41.5 Å². The quantitative estimate of drug-likeness (QED) is 0.754. The van der Waals surface area contributed by atoms with Crippen LogP contribution < -0.4 is 4.74 Å². The summed E-state index contributed by atoms with van der Waals surface area (Å²) >= 11 is 0. The number of nitrogens with zero attached hydrogens (tertiary/aromatic N) is 3. The largest absolute Gasteiger partial charge is 0.478 e. The summed E-state index contributed by atoms with van der Waals surface area (Å²) in [4.78, 5) is 24.8. The van der Waals surface area contributed by atoms with Crippen molar-refractivity contribution in [2.45, 2.75) is 44.7 Å². The van der Waals surface area contributed by atoms with E-state index in [2.05, 4.69) is 21.0 Å². The number of aromatic nitrogens is 1. The number of dihydropyridines is 1. The average molecular weight is 405 g/mol. The van der Waals surface area contributed by atoms with Crippen molar-refractivity contribution in [3.63, 3.8) is 0 Å². The van der Waals surface area contributed by atoms with Gasteiger partial charge in [-0.1, -0.05) is 30.3 Å². The minimum absolute atomic E-state index is 0.0349. The molecule has 0 spiro atoms. The minimum atomic E-state index is 0.0349. The Labute approximate surface area is 176 Å². The predicted molar refractivity (Wildman–Crippen MR) is 116 cm³/mol. The maximum atomic E-state index is 13.8. The lowest BCUT2D eigenvalue weighted by atomic mass is 9.90. The van der Waals surface area contributed by atoms with E-state index in [1.165, 1.54) is 0 Å². The summed E-state index contributed by atoms with van der Waals surface area (Å²) in [6, 6.07) is 8.36. The van der Waals surface area contributed by atoms with Crippen molar-refractivity contribution in [2.75, 3.05) is 19.8 Å². The van der Waals surface area contributed by atoms with Crippen LogP contribution in [0.4, 0.5) is 0 Å². The van der Waals surface area contributed by atoms with Crippen molar-refractivity contribution in [3.8, 4) is 5.88 Å². The molecule has 2 saturated heterocycles. The van der Waals surface area contributed by atoms with Gasteiger partial charge in [0.05, 0.1) is 13.2 Å². The molecule has 0 radical (unpaired) electrons. The van der Waals surface area contributed by atoms with Gasteiger partial charge in [0.1, 0.15) is 5.56 Å². The van der Waals surface area contributed by atoms with Gasteiger partial charge < -0.3 is 14.4 Å². The molecule has 5 rings (SSSR count). The fourth-order valence-corrected chi connectivity index (χ4v) is 5.11. The van der Waals surface area contributed by atoms with E-state index in [1.807, 2.05) is 37.3 Å². The Kier molecular flexibility index (Phi) is 5.15. The number of hydrogen-bond acceptors (Lipinski definition) is 5. The number of fused-ring (bicyclic) bond motifs is 3. The number of carbonyl (C=O) groups excluding carboxylic acids is 1. The molecule has 2 fully saturated rings. The SMILES string of the molecule is CCOc1ncc2ccccc2c1C(=O)N1C2CCC1C(COC1=NCCC=C1)C2. The third kappa shape index (κ3) is 3.34. The Bertz CT molecular complexity index is 1020. The van der Waals surface area contributed by atoms with Crippen molar-refractivity contribution < 1.29 is 14.3 Å². The molecule has 0 aliphatic carbocycles. The second kappa shape index (κ2) is 8.09. The molecule has 3 atom stereocenters. The maximum Gasteiger partial charge on any atom is 0.260 e. The van der Waals surface area contributed by atoms with E-state index in [1.54, 1.807) is 6.20 Å². The minimum Gasteiger partial charge on any atom is -0.478 e. The topological polar surface area (TPSA) is 64.0 Å².